The van der Waals surface area contributed by atoms with Crippen molar-refractivity contribution in [2.24, 2.45) is 0 Å². The van der Waals surface area contributed by atoms with Gasteiger partial charge in [-0.25, -0.2) is 17.5 Å². The first-order chi connectivity index (χ1) is 11.7. The number of benzene rings is 1. The summed E-state index contributed by atoms with van der Waals surface area (Å²) >= 11 is 5.99. The summed E-state index contributed by atoms with van der Waals surface area (Å²) in [4.78, 5) is 23.6. The van der Waals surface area contributed by atoms with Gasteiger partial charge in [0.2, 0.25) is 10.0 Å². The van der Waals surface area contributed by atoms with E-state index in [2.05, 4.69) is 5.32 Å². The zero-order valence-electron chi connectivity index (χ0n) is 13.8. The molecule has 1 aliphatic heterocycles. The predicted octanol–water partition coefficient (Wildman–Crippen LogP) is 1.25. The van der Waals surface area contributed by atoms with E-state index in [0.717, 1.165) is 10.7 Å². The van der Waals surface area contributed by atoms with Crippen LogP contribution in [-0.2, 0) is 29.1 Å². The molecule has 0 aliphatic carbocycles. The number of nitrogens with one attached hydrogen (secondary N) is 1. The molecule has 0 unspecified atom stereocenters. The summed E-state index contributed by atoms with van der Waals surface area (Å²) in [5.41, 5.74) is 0.114. The highest BCUT2D eigenvalue weighted by Crippen LogP contribution is 2.26. The van der Waals surface area contributed by atoms with E-state index in [4.69, 9.17) is 21.1 Å². The van der Waals surface area contributed by atoms with E-state index in [-0.39, 0.29) is 15.6 Å². The minimum absolute atomic E-state index is 0.0199. The van der Waals surface area contributed by atoms with E-state index < -0.39 is 34.6 Å². The van der Waals surface area contributed by atoms with Gasteiger partial charge < -0.3 is 14.8 Å². The maximum Gasteiger partial charge on any atom is 0.335 e. The molecule has 1 aromatic carbocycles. The molecule has 0 saturated carbocycles. The first-order valence-corrected chi connectivity index (χ1v) is 9.34. The number of carbonyl (C=O) groups is 2. The van der Waals surface area contributed by atoms with Crippen molar-refractivity contribution in [2.75, 3.05) is 32.6 Å². The van der Waals surface area contributed by atoms with Crippen LogP contribution in [0.5, 0.6) is 0 Å². The van der Waals surface area contributed by atoms with Gasteiger partial charge in [-0.05, 0) is 31.0 Å². The fourth-order valence-electron chi connectivity index (χ4n) is 2.15. The normalized spacial score (nSPS) is 17.5. The van der Waals surface area contributed by atoms with E-state index in [1.54, 1.807) is 0 Å². The third kappa shape index (κ3) is 4.91. The molecular formula is C15H19ClN2O6S. The van der Waals surface area contributed by atoms with Crippen LogP contribution < -0.4 is 5.32 Å². The zero-order chi connectivity index (χ0) is 18.6. The van der Waals surface area contributed by atoms with Gasteiger partial charge in [0.25, 0.3) is 5.91 Å². The van der Waals surface area contributed by atoms with Crippen molar-refractivity contribution < 1.29 is 27.5 Å². The highest BCUT2D eigenvalue weighted by Gasteiger charge is 2.26. The van der Waals surface area contributed by atoms with Crippen molar-refractivity contribution in [3.63, 3.8) is 0 Å². The molecule has 1 aromatic rings. The van der Waals surface area contributed by atoms with Crippen molar-refractivity contribution in [3.8, 4) is 0 Å². The fraction of sp³-hybridized carbons (Fsp3) is 0.467. The lowest BCUT2D eigenvalue weighted by molar-refractivity contribution is -0.156. The zero-order valence-corrected chi connectivity index (χ0v) is 15.4. The standard InChI is InChI=1S/C15H19ClN2O6S/c1-18(2)25(21,22)10-5-6-11(16)12(8-10)17-14(19)9-24-15(20)13-4-3-7-23-13/h5-6,8,13H,3-4,7,9H2,1-2H3,(H,17,19)/t13-/m1/s1. The second-order valence-electron chi connectivity index (χ2n) is 5.59. The lowest BCUT2D eigenvalue weighted by Gasteiger charge is -2.14. The summed E-state index contributed by atoms with van der Waals surface area (Å²) in [6, 6.07) is 3.95. The minimum atomic E-state index is -3.67. The van der Waals surface area contributed by atoms with Crippen LogP contribution in [0.2, 0.25) is 5.02 Å². The number of anilines is 1. The average Bonchev–Trinajstić information content (AvgIpc) is 3.09. The van der Waals surface area contributed by atoms with Crippen molar-refractivity contribution in [2.45, 2.75) is 23.8 Å². The summed E-state index contributed by atoms with van der Waals surface area (Å²) in [6.07, 6.45) is 0.704. The smallest absolute Gasteiger partial charge is 0.335 e. The number of ether oxygens (including phenoxy) is 2. The number of rotatable bonds is 6. The third-order valence-electron chi connectivity index (χ3n) is 3.53. The number of nitrogens with zero attached hydrogens (tertiary/aromatic N) is 1. The molecule has 1 N–H and O–H groups in total. The second-order valence-corrected chi connectivity index (χ2v) is 8.15. The van der Waals surface area contributed by atoms with Crippen LogP contribution in [0.3, 0.4) is 0 Å². The van der Waals surface area contributed by atoms with Crippen LogP contribution in [0.4, 0.5) is 5.69 Å². The Bertz CT molecular complexity index is 759. The summed E-state index contributed by atoms with van der Waals surface area (Å²) in [5, 5.41) is 2.60. The molecule has 10 heteroatoms. The highest BCUT2D eigenvalue weighted by molar-refractivity contribution is 7.89. The molecule has 138 valence electrons. The number of esters is 1. The van der Waals surface area contributed by atoms with Crippen LogP contribution in [0.15, 0.2) is 23.1 Å². The summed E-state index contributed by atoms with van der Waals surface area (Å²) in [6.45, 7) is -0.0195. The monoisotopic (exact) mass is 390 g/mol. The fourth-order valence-corrected chi connectivity index (χ4v) is 3.24. The van der Waals surface area contributed by atoms with Crippen LogP contribution in [0, 0.1) is 0 Å². The van der Waals surface area contributed by atoms with Crippen LogP contribution in [0.1, 0.15) is 12.8 Å². The largest absolute Gasteiger partial charge is 0.454 e. The van der Waals surface area contributed by atoms with E-state index in [0.29, 0.717) is 13.0 Å². The van der Waals surface area contributed by atoms with Crippen molar-refractivity contribution in [1.29, 1.82) is 0 Å². The number of carbonyl (C=O) groups excluding carboxylic acids is 2. The minimum Gasteiger partial charge on any atom is -0.454 e. The van der Waals surface area contributed by atoms with Crippen molar-refractivity contribution in [1.82, 2.24) is 4.31 Å². The lowest BCUT2D eigenvalue weighted by Crippen LogP contribution is -2.27. The molecule has 1 fully saturated rings. The summed E-state index contributed by atoms with van der Waals surface area (Å²) in [7, 11) is -0.876. The first kappa shape index (κ1) is 19.6. The average molecular weight is 391 g/mol. The molecule has 0 aromatic heterocycles. The van der Waals surface area contributed by atoms with E-state index in [1.807, 2.05) is 0 Å². The number of hydrogen-bond acceptors (Lipinski definition) is 6. The maximum absolute atomic E-state index is 12.1. The van der Waals surface area contributed by atoms with Gasteiger partial charge in [-0.3, -0.25) is 4.79 Å². The Kier molecular flexibility index (Phi) is 6.39. The van der Waals surface area contributed by atoms with Gasteiger partial charge in [0.1, 0.15) is 0 Å². The number of amides is 1. The number of hydrogen-bond donors (Lipinski definition) is 1. The Labute approximate surface area is 151 Å². The Morgan fingerprint density at radius 3 is 2.72 bits per heavy atom. The maximum atomic E-state index is 12.1. The molecule has 0 radical (unpaired) electrons. The molecule has 1 saturated heterocycles. The number of halogens is 1. The van der Waals surface area contributed by atoms with Gasteiger partial charge >= 0.3 is 5.97 Å². The summed E-state index contributed by atoms with van der Waals surface area (Å²) in [5.74, 6) is -1.23. The highest BCUT2D eigenvalue weighted by atomic mass is 35.5. The molecule has 1 aliphatic rings. The van der Waals surface area contributed by atoms with Gasteiger partial charge in [-0.15, -0.1) is 0 Å². The second kappa shape index (κ2) is 8.13. The predicted molar refractivity (Wildman–Crippen MR) is 90.9 cm³/mol. The molecule has 8 nitrogen and oxygen atoms in total. The molecular weight excluding hydrogens is 372 g/mol. The Morgan fingerprint density at radius 1 is 1.40 bits per heavy atom. The van der Waals surface area contributed by atoms with Crippen molar-refractivity contribution in [3.05, 3.63) is 23.2 Å². The van der Waals surface area contributed by atoms with Crippen LogP contribution >= 0.6 is 11.6 Å². The first-order valence-electron chi connectivity index (χ1n) is 7.52. The third-order valence-corrected chi connectivity index (χ3v) is 5.67. The van der Waals surface area contributed by atoms with Crippen molar-refractivity contribution >= 4 is 39.2 Å². The topological polar surface area (TPSA) is 102 Å². The van der Waals surface area contributed by atoms with Gasteiger partial charge in [-0.1, -0.05) is 11.6 Å². The van der Waals surface area contributed by atoms with E-state index in [9.17, 15) is 18.0 Å². The van der Waals surface area contributed by atoms with Crippen LogP contribution in [-0.4, -0.2) is 58.0 Å². The van der Waals surface area contributed by atoms with Crippen LogP contribution in [0.25, 0.3) is 0 Å². The van der Waals surface area contributed by atoms with Gasteiger partial charge in [0.05, 0.1) is 15.6 Å². The quantitative estimate of drug-likeness (QED) is 0.733. The number of sulfonamides is 1. The molecule has 1 heterocycles. The Morgan fingerprint density at radius 2 is 2.12 bits per heavy atom. The van der Waals surface area contributed by atoms with E-state index >= 15 is 0 Å². The SMILES string of the molecule is CN(C)S(=O)(=O)c1ccc(Cl)c(NC(=O)COC(=O)[C@H]2CCCO2)c1. The Hall–Kier alpha value is -1.68. The van der Waals surface area contributed by atoms with Gasteiger partial charge in [0, 0.05) is 20.7 Å². The molecule has 2 rings (SSSR count). The summed E-state index contributed by atoms with van der Waals surface area (Å²) < 4.78 is 35.4. The molecule has 1 atom stereocenters. The Balaban J connectivity index is 2.01. The van der Waals surface area contributed by atoms with Gasteiger partial charge in [0.15, 0.2) is 12.7 Å². The molecule has 0 bridgehead atoms. The molecule has 0 spiro atoms. The molecule has 1 amide bonds. The van der Waals surface area contributed by atoms with Gasteiger partial charge in [-0.2, -0.15) is 0 Å². The molecule has 25 heavy (non-hydrogen) atoms. The lowest BCUT2D eigenvalue weighted by atomic mass is 10.2. The van der Waals surface area contributed by atoms with E-state index in [1.165, 1.54) is 32.3 Å².